The van der Waals surface area contributed by atoms with Gasteiger partial charge in [-0.1, -0.05) is 17.7 Å². The summed E-state index contributed by atoms with van der Waals surface area (Å²) in [5.74, 6) is 0.539. The second-order valence-corrected chi connectivity index (χ2v) is 7.32. The van der Waals surface area contributed by atoms with Gasteiger partial charge >= 0.3 is 0 Å². The van der Waals surface area contributed by atoms with Crippen LogP contribution >= 0.6 is 11.6 Å². The number of carbonyl (C=O) groups is 1. The molecule has 1 aliphatic carbocycles. The first-order valence-corrected chi connectivity index (χ1v) is 9.73. The van der Waals surface area contributed by atoms with Gasteiger partial charge in [0, 0.05) is 18.1 Å². The van der Waals surface area contributed by atoms with E-state index in [9.17, 15) is 4.79 Å². The highest BCUT2D eigenvalue weighted by atomic mass is 35.5. The molecule has 0 saturated carbocycles. The molecule has 1 N–H and O–H groups in total. The molecule has 1 aliphatic heterocycles. The van der Waals surface area contributed by atoms with Gasteiger partial charge in [0.05, 0.1) is 24.6 Å². The lowest BCUT2D eigenvalue weighted by atomic mass is 10.1. The number of hydrogen-bond donors (Lipinski definition) is 1. The Balaban J connectivity index is 1.41. The van der Waals surface area contributed by atoms with Crippen LogP contribution in [0.3, 0.4) is 0 Å². The van der Waals surface area contributed by atoms with Gasteiger partial charge in [-0.25, -0.2) is 0 Å². The first-order valence-electron chi connectivity index (χ1n) is 9.36. The highest BCUT2D eigenvalue weighted by Crippen LogP contribution is 2.30. The van der Waals surface area contributed by atoms with Gasteiger partial charge in [0.25, 0.3) is 5.91 Å². The minimum absolute atomic E-state index is 0.0339. The number of nitrogens with zero attached hydrogens (tertiary/aromatic N) is 1. The molecule has 4 rings (SSSR count). The van der Waals surface area contributed by atoms with E-state index in [0.29, 0.717) is 23.9 Å². The van der Waals surface area contributed by atoms with Crippen LogP contribution in [0.25, 0.3) is 0 Å². The molecule has 1 fully saturated rings. The molecule has 0 unspecified atom stereocenters. The summed E-state index contributed by atoms with van der Waals surface area (Å²) < 4.78 is 11.1. The van der Waals surface area contributed by atoms with E-state index in [2.05, 4.69) is 16.3 Å². The zero-order chi connectivity index (χ0) is 18.6. The maximum atomic E-state index is 12.4. The van der Waals surface area contributed by atoms with Gasteiger partial charge in [0.1, 0.15) is 5.75 Å². The summed E-state index contributed by atoms with van der Waals surface area (Å²) in [6.45, 7) is 2.90. The Morgan fingerprint density at radius 3 is 2.78 bits per heavy atom. The summed E-state index contributed by atoms with van der Waals surface area (Å²) in [5, 5.41) is 3.53. The van der Waals surface area contributed by atoms with Crippen LogP contribution in [0.5, 0.6) is 5.75 Å². The minimum atomic E-state index is -0.202. The minimum Gasteiger partial charge on any atom is -0.484 e. The maximum Gasteiger partial charge on any atom is 0.262 e. The van der Waals surface area contributed by atoms with Gasteiger partial charge < -0.3 is 19.7 Å². The van der Waals surface area contributed by atoms with E-state index in [1.54, 1.807) is 6.07 Å². The molecular weight excluding hydrogens is 364 g/mol. The van der Waals surface area contributed by atoms with Crippen LogP contribution < -0.4 is 15.0 Å². The van der Waals surface area contributed by atoms with E-state index in [0.717, 1.165) is 37.4 Å². The third-order valence-corrected chi connectivity index (χ3v) is 5.26. The highest BCUT2D eigenvalue weighted by Gasteiger charge is 2.17. The zero-order valence-electron chi connectivity index (χ0n) is 15.2. The molecule has 27 heavy (non-hydrogen) atoms. The number of aryl methyl sites for hydroxylation is 2. The first-order chi connectivity index (χ1) is 13.2. The van der Waals surface area contributed by atoms with Crippen LogP contribution in [-0.2, 0) is 22.4 Å². The molecule has 0 atom stereocenters. The number of carbonyl (C=O) groups excluding carboxylic acids is 1. The van der Waals surface area contributed by atoms with Crippen LogP contribution in [0.1, 0.15) is 17.5 Å². The number of anilines is 2. The number of halogens is 1. The maximum absolute atomic E-state index is 12.4. The average molecular weight is 387 g/mol. The fourth-order valence-electron chi connectivity index (χ4n) is 3.66. The predicted molar refractivity (Wildman–Crippen MR) is 107 cm³/mol. The monoisotopic (exact) mass is 386 g/mol. The van der Waals surface area contributed by atoms with Crippen LogP contribution in [-0.4, -0.2) is 38.8 Å². The van der Waals surface area contributed by atoms with Crippen molar-refractivity contribution in [3.8, 4) is 5.75 Å². The van der Waals surface area contributed by atoms with Crippen molar-refractivity contribution in [2.24, 2.45) is 0 Å². The van der Waals surface area contributed by atoms with Crippen molar-refractivity contribution in [2.75, 3.05) is 43.1 Å². The van der Waals surface area contributed by atoms with E-state index >= 15 is 0 Å². The summed E-state index contributed by atoms with van der Waals surface area (Å²) in [5.41, 5.74) is 4.37. The Morgan fingerprint density at radius 1 is 1.11 bits per heavy atom. The Morgan fingerprint density at radius 2 is 1.93 bits per heavy atom. The lowest BCUT2D eigenvalue weighted by molar-refractivity contribution is -0.118. The summed E-state index contributed by atoms with van der Waals surface area (Å²) >= 11 is 6.14. The number of fused-ring (bicyclic) bond motifs is 1. The lowest BCUT2D eigenvalue weighted by Gasteiger charge is -2.30. The number of amides is 1. The van der Waals surface area contributed by atoms with E-state index in [1.165, 1.54) is 17.5 Å². The molecule has 0 bridgehead atoms. The number of benzene rings is 2. The lowest BCUT2D eigenvalue weighted by Crippen LogP contribution is -2.37. The van der Waals surface area contributed by atoms with E-state index < -0.39 is 0 Å². The van der Waals surface area contributed by atoms with Gasteiger partial charge in [-0.05, 0) is 60.7 Å². The molecule has 0 radical (unpaired) electrons. The molecule has 1 heterocycles. The van der Waals surface area contributed by atoms with E-state index in [1.807, 2.05) is 24.3 Å². The van der Waals surface area contributed by atoms with Crippen molar-refractivity contribution in [3.05, 3.63) is 52.5 Å². The molecule has 2 aliphatic rings. The molecule has 142 valence electrons. The first kappa shape index (κ1) is 18.1. The van der Waals surface area contributed by atoms with Crippen LogP contribution in [0.15, 0.2) is 36.4 Å². The topological polar surface area (TPSA) is 50.8 Å². The number of rotatable bonds is 5. The van der Waals surface area contributed by atoms with E-state index in [-0.39, 0.29) is 12.5 Å². The number of hydrogen-bond acceptors (Lipinski definition) is 4. The zero-order valence-corrected chi connectivity index (χ0v) is 15.9. The van der Waals surface area contributed by atoms with Gasteiger partial charge in [0.15, 0.2) is 6.61 Å². The summed E-state index contributed by atoms with van der Waals surface area (Å²) in [7, 11) is 0. The number of ether oxygens (including phenoxy) is 2. The molecule has 0 aromatic heterocycles. The van der Waals surface area contributed by atoms with Gasteiger partial charge in [0.2, 0.25) is 0 Å². The standard InChI is InChI=1S/C21H23ClN2O3/c22-17-5-7-20(24-8-10-26-11-9-24)19(13-17)23-21(25)14-27-18-6-4-15-2-1-3-16(15)12-18/h4-7,12-13H,1-3,8-11,14H2,(H,23,25). The van der Waals surface area contributed by atoms with Gasteiger partial charge in [-0.15, -0.1) is 0 Å². The van der Waals surface area contributed by atoms with Crippen molar-refractivity contribution >= 4 is 28.9 Å². The van der Waals surface area contributed by atoms with Crippen molar-refractivity contribution in [2.45, 2.75) is 19.3 Å². The van der Waals surface area contributed by atoms with Crippen molar-refractivity contribution in [1.82, 2.24) is 0 Å². The van der Waals surface area contributed by atoms with Crippen molar-refractivity contribution < 1.29 is 14.3 Å². The molecule has 1 saturated heterocycles. The fourth-order valence-corrected chi connectivity index (χ4v) is 3.83. The molecule has 6 heteroatoms. The van der Waals surface area contributed by atoms with Crippen LogP contribution in [0.4, 0.5) is 11.4 Å². The van der Waals surface area contributed by atoms with Crippen molar-refractivity contribution in [1.29, 1.82) is 0 Å². The highest BCUT2D eigenvalue weighted by molar-refractivity contribution is 6.31. The smallest absolute Gasteiger partial charge is 0.262 e. The SMILES string of the molecule is O=C(COc1ccc2c(c1)CCC2)Nc1cc(Cl)ccc1N1CCOCC1. The van der Waals surface area contributed by atoms with Crippen LogP contribution in [0, 0.1) is 0 Å². The Kier molecular flexibility index (Phi) is 5.50. The third kappa shape index (κ3) is 4.37. The number of morpholine rings is 1. The Bertz CT molecular complexity index is 834. The molecule has 0 spiro atoms. The predicted octanol–water partition coefficient (Wildman–Crippen LogP) is 3.68. The Hall–Kier alpha value is -2.24. The second kappa shape index (κ2) is 8.19. The quantitative estimate of drug-likeness (QED) is 0.851. The molecule has 2 aromatic carbocycles. The average Bonchev–Trinajstić information content (AvgIpc) is 3.15. The Labute approximate surface area is 164 Å². The largest absolute Gasteiger partial charge is 0.484 e. The van der Waals surface area contributed by atoms with Crippen molar-refractivity contribution in [3.63, 3.8) is 0 Å². The molecule has 1 amide bonds. The third-order valence-electron chi connectivity index (χ3n) is 5.02. The summed E-state index contributed by atoms with van der Waals surface area (Å²) in [6, 6.07) is 11.6. The second-order valence-electron chi connectivity index (χ2n) is 6.88. The number of nitrogens with one attached hydrogen (secondary N) is 1. The summed E-state index contributed by atoms with van der Waals surface area (Å²) in [6.07, 6.45) is 3.41. The fraction of sp³-hybridized carbons (Fsp3) is 0.381. The molecular formula is C21H23ClN2O3. The van der Waals surface area contributed by atoms with Gasteiger partial charge in [-0.3, -0.25) is 4.79 Å². The van der Waals surface area contributed by atoms with Crippen LogP contribution in [0.2, 0.25) is 5.02 Å². The van der Waals surface area contributed by atoms with E-state index in [4.69, 9.17) is 21.1 Å². The molecule has 5 nitrogen and oxygen atoms in total. The van der Waals surface area contributed by atoms with Gasteiger partial charge in [-0.2, -0.15) is 0 Å². The summed E-state index contributed by atoms with van der Waals surface area (Å²) in [4.78, 5) is 14.6. The normalized spacial score (nSPS) is 16.1. The molecule has 2 aromatic rings.